The highest BCUT2D eigenvalue weighted by molar-refractivity contribution is 6.04. The van der Waals surface area contributed by atoms with Crippen molar-refractivity contribution in [3.05, 3.63) is 95.6 Å². The number of nitrogens with zero attached hydrogens (tertiary/aromatic N) is 1. The topological polar surface area (TPSA) is 125 Å². The summed E-state index contributed by atoms with van der Waals surface area (Å²) in [6.45, 7) is 2.10. The highest BCUT2D eigenvalue weighted by atomic mass is 16.5. The van der Waals surface area contributed by atoms with Crippen LogP contribution in [-0.2, 0) is 4.79 Å². The number of hydrogen-bond donors (Lipinski definition) is 2. The number of methoxy groups -OCH3 is 2. The number of benzene rings is 4. The third kappa shape index (κ3) is 7.18. The van der Waals surface area contributed by atoms with Crippen molar-refractivity contribution < 1.29 is 33.3 Å². The predicted molar refractivity (Wildman–Crippen MR) is 154 cm³/mol. The first-order chi connectivity index (χ1) is 19.9. The van der Waals surface area contributed by atoms with Gasteiger partial charge in [-0.15, -0.1) is 0 Å². The lowest BCUT2D eigenvalue weighted by Gasteiger charge is -2.12. The van der Waals surface area contributed by atoms with Crippen LogP contribution >= 0.6 is 0 Å². The quantitative estimate of drug-likeness (QED) is 0.122. The third-order valence-electron chi connectivity index (χ3n) is 5.97. The summed E-state index contributed by atoms with van der Waals surface area (Å²) in [5, 5.41) is 8.23. The van der Waals surface area contributed by atoms with Crippen LogP contribution in [0.15, 0.2) is 84.0 Å². The fraction of sp³-hybridized carbons (Fsp3) is 0.161. The van der Waals surface area contributed by atoms with Gasteiger partial charge in [-0.05, 0) is 66.2 Å². The Morgan fingerprint density at radius 3 is 2.27 bits per heavy atom. The summed E-state index contributed by atoms with van der Waals surface area (Å²) >= 11 is 0. The number of amides is 2. The third-order valence-corrected chi connectivity index (χ3v) is 5.97. The van der Waals surface area contributed by atoms with Gasteiger partial charge in [0.2, 0.25) is 0 Å². The second kappa shape index (κ2) is 13.6. The number of rotatable bonds is 11. The van der Waals surface area contributed by atoms with Gasteiger partial charge in [-0.3, -0.25) is 9.59 Å². The highest BCUT2D eigenvalue weighted by Gasteiger charge is 2.16. The second-order valence-electron chi connectivity index (χ2n) is 8.59. The second-order valence-corrected chi connectivity index (χ2v) is 8.59. The van der Waals surface area contributed by atoms with Crippen LogP contribution < -0.4 is 29.7 Å². The van der Waals surface area contributed by atoms with Crippen LogP contribution in [0.3, 0.4) is 0 Å². The number of carbonyl (C=O) groups excluding carboxylic acids is 3. The molecule has 0 aliphatic rings. The fourth-order valence-corrected chi connectivity index (χ4v) is 3.96. The molecule has 2 N–H and O–H groups in total. The zero-order valence-electron chi connectivity index (χ0n) is 22.8. The van der Waals surface area contributed by atoms with Crippen LogP contribution in [0.2, 0.25) is 0 Å². The molecule has 0 fully saturated rings. The summed E-state index contributed by atoms with van der Waals surface area (Å²) in [4.78, 5) is 37.7. The van der Waals surface area contributed by atoms with E-state index in [0.717, 1.165) is 10.8 Å². The highest BCUT2D eigenvalue weighted by Crippen LogP contribution is 2.30. The summed E-state index contributed by atoms with van der Waals surface area (Å²) in [6.07, 6.45) is 1.39. The Labute approximate surface area is 236 Å². The van der Waals surface area contributed by atoms with Crippen molar-refractivity contribution in [2.24, 2.45) is 5.10 Å². The largest absolute Gasteiger partial charge is 0.494 e. The van der Waals surface area contributed by atoms with Gasteiger partial charge >= 0.3 is 5.97 Å². The van der Waals surface area contributed by atoms with Gasteiger partial charge in [0.05, 0.1) is 39.1 Å². The van der Waals surface area contributed by atoms with Crippen molar-refractivity contribution in [2.75, 3.05) is 27.4 Å². The molecule has 0 aromatic heterocycles. The molecule has 4 rings (SSSR count). The van der Waals surface area contributed by atoms with E-state index < -0.39 is 17.8 Å². The summed E-state index contributed by atoms with van der Waals surface area (Å²) in [7, 11) is 2.98. The molecule has 210 valence electrons. The molecule has 0 aliphatic heterocycles. The van der Waals surface area contributed by atoms with Crippen LogP contribution in [0.4, 0.5) is 0 Å². The Kier molecular flexibility index (Phi) is 9.50. The van der Waals surface area contributed by atoms with Gasteiger partial charge < -0.3 is 24.3 Å². The van der Waals surface area contributed by atoms with Crippen molar-refractivity contribution in [3.8, 4) is 23.0 Å². The first kappa shape index (κ1) is 28.6. The van der Waals surface area contributed by atoms with E-state index in [1.165, 1.54) is 26.5 Å². The zero-order valence-corrected chi connectivity index (χ0v) is 22.8. The molecule has 0 aliphatic carbocycles. The van der Waals surface area contributed by atoms with Gasteiger partial charge in [-0.25, -0.2) is 10.2 Å². The van der Waals surface area contributed by atoms with Crippen LogP contribution in [0.1, 0.15) is 33.2 Å². The molecule has 0 unspecified atom stereocenters. The molecule has 0 spiro atoms. The van der Waals surface area contributed by atoms with E-state index in [-0.39, 0.29) is 17.9 Å². The molecule has 0 saturated carbocycles. The minimum absolute atomic E-state index is 0.241. The van der Waals surface area contributed by atoms with Crippen LogP contribution in [0.5, 0.6) is 23.0 Å². The lowest BCUT2D eigenvalue weighted by atomic mass is 10.0. The molecule has 4 aromatic rings. The number of esters is 1. The van der Waals surface area contributed by atoms with Gasteiger partial charge in [-0.2, -0.15) is 5.10 Å². The van der Waals surface area contributed by atoms with E-state index in [0.29, 0.717) is 35.0 Å². The Balaban J connectivity index is 1.45. The molecule has 0 heterocycles. The first-order valence-corrected chi connectivity index (χ1v) is 12.7. The minimum atomic E-state index is -0.614. The van der Waals surface area contributed by atoms with E-state index in [1.807, 2.05) is 37.3 Å². The van der Waals surface area contributed by atoms with Crippen LogP contribution in [0, 0.1) is 0 Å². The molecular weight excluding hydrogens is 526 g/mol. The maximum Gasteiger partial charge on any atom is 0.343 e. The van der Waals surface area contributed by atoms with E-state index in [1.54, 1.807) is 42.5 Å². The molecule has 10 nitrogen and oxygen atoms in total. The predicted octanol–water partition coefficient (Wildman–Crippen LogP) is 4.36. The molecule has 2 amide bonds. The molecule has 41 heavy (non-hydrogen) atoms. The van der Waals surface area contributed by atoms with E-state index in [9.17, 15) is 14.4 Å². The smallest absolute Gasteiger partial charge is 0.343 e. The van der Waals surface area contributed by atoms with Crippen molar-refractivity contribution in [2.45, 2.75) is 6.92 Å². The Hall–Kier alpha value is -5.38. The summed E-state index contributed by atoms with van der Waals surface area (Å²) in [5.74, 6) is 0.198. The Morgan fingerprint density at radius 2 is 1.54 bits per heavy atom. The molecule has 0 atom stereocenters. The number of nitrogens with one attached hydrogen (secondary N) is 2. The number of hydrazone groups is 1. The van der Waals surface area contributed by atoms with Crippen LogP contribution in [-0.4, -0.2) is 51.4 Å². The molecular formula is C31H29N3O7. The number of hydrogen-bond acceptors (Lipinski definition) is 8. The van der Waals surface area contributed by atoms with E-state index in [4.69, 9.17) is 18.9 Å². The Bertz CT molecular complexity index is 1580. The van der Waals surface area contributed by atoms with E-state index >= 15 is 0 Å². The average molecular weight is 556 g/mol. The standard InChI is InChI=1S/C31H29N3O7/c1-4-40-23-13-9-21(10-14-23)30(36)32-19-29(35)34-33-18-25-24-8-6-5-7-20(24)11-15-26(25)41-31(37)22-12-16-27(38-2)28(17-22)39-3/h5-18H,4,19H2,1-3H3,(H,32,36)(H,34,35)/b33-18-. The first-order valence-electron chi connectivity index (χ1n) is 12.7. The zero-order chi connectivity index (χ0) is 29.2. The van der Waals surface area contributed by atoms with Gasteiger partial charge in [0.1, 0.15) is 11.5 Å². The van der Waals surface area contributed by atoms with Crippen molar-refractivity contribution in [3.63, 3.8) is 0 Å². The van der Waals surface area contributed by atoms with Gasteiger partial charge in [0.25, 0.3) is 11.8 Å². The maximum absolute atomic E-state index is 13.0. The van der Waals surface area contributed by atoms with Gasteiger partial charge in [0, 0.05) is 11.1 Å². The van der Waals surface area contributed by atoms with Gasteiger partial charge in [0.15, 0.2) is 11.5 Å². The number of fused-ring (bicyclic) bond motifs is 1. The Morgan fingerprint density at radius 1 is 0.829 bits per heavy atom. The number of ether oxygens (including phenoxy) is 4. The van der Waals surface area contributed by atoms with Gasteiger partial charge in [-0.1, -0.05) is 30.3 Å². The molecule has 0 radical (unpaired) electrons. The monoisotopic (exact) mass is 555 g/mol. The van der Waals surface area contributed by atoms with Crippen molar-refractivity contribution in [1.82, 2.24) is 10.7 Å². The minimum Gasteiger partial charge on any atom is -0.494 e. The lowest BCUT2D eigenvalue weighted by Crippen LogP contribution is -2.34. The van der Waals surface area contributed by atoms with Crippen molar-refractivity contribution in [1.29, 1.82) is 0 Å². The molecule has 0 bridgehead atoms. The fourth-order valence-electron chi connectivity index (χ4n) is 3.96. The molecule has 4 aromatic carbocycles. The van der Waals surface area contributed by atoms with Crippen LogP contribution in [0.25, 0.3) is 10.8 Å². The SMILES string of the molecule is CCOc1ccc(C(=O)NCC(=O)N/N=C\c2c(OC(=O)c3ccc(OC)c(OC)c3)ccc3ccccc23)cc1. The molecule has 10 heteroatoms. The van der Waals surface area contributed by atoms with E-state index in [2.05, 4.69) is 15.8 Å². The maximum atomic E-state index is 13.0. The average Bonchev–Trinajstić information content (AvgIpc) is 3.00. The summed E-state index contributed by atoms with van der Waals surface area (Å²) < 4.78 is 21.6. The molecule has 0 saturated heterocycles. The van der Waals surface area contributed by atoms with Crippen molar-refractivity contribution >= 4 is 34.8 Å². The summed E-state index contributed by atoms with van der Waals surface area (Å²) in [6, 6.07) is 22.3. The summed E-state index contributed by atoms with van der Waals surface area (Å²) in [5.41, 5.74) is 3.53. The lowest BCUT2D eigenvalue weighted by molar-refractivity contribution is -0.120. The normalized spacial score (nSPS) is 10.7. The number of carbonyl (C=O) groups is 3.